The molecule has 25 heavy (non-hydrogen) atoms. The number of hydrogen-bond donors (Lipinski definition) is 1. The van der Waals surface area contributed by atoms with Gasteiger partial charge in [-0.05, 0) is 25.2 Å². The topological polar surface area (TPSA) is 62.1 Å². The first-order chi connectivity index (χ1) is 12.1. The monoisotopic (exact) mass is 392 g/mol. The van der Waals surface area contributed by atoms with Crippen LogP contribution < -0.4 is 4.90 Å². The van der Waals surface area contributed by atoms with Crippen LogP contribution in [-0.2, 0) is 5.60 Å². The van der Waals surface area contributed by atoms with Crippen molar-refractivity contribution < 1.29 is 5.11 Å². The molecular weight excluding hydrogens is 376 g/mol. The van der Waals surface area contributed by atoms with Gasteiger partial charge in [-0.15, -0.1) is 11.3 Å². The standard InChI is InChI=1S/C17H17ClN4OS2/c1-24-16-21-14-13(25-16)15(20-10-19-14)22-8-6-17(23,7-9-22)11-4-2-3-5-12(11)18/h2-5,10,23H,6-9H2,1H3. The van der Waals surface area contributed by atoms with E-state index < -0.39 is 5.60 Å². The molecule has 1 aliphatic heterocycles. The Morgan fingerprint density at radius 2 is 2.00 bits per heavy atom. The molecule has 1 saturated heterocycles. The van der Waals surface area contributed by atoms with Crippen LogP contribution in [0.2, 0.25) is 5.02 Å². The maximum atomic E-state index is 11.1. The molecule has 0 radical (unpaired) electrons. The number of thiazole rings is 1. The molecule has 8 heteroatoms. The van der Waals surface area contributed by atoms with Gasteiger partial charge >= 0.3 is 0 Å². The van der Waals surface area contributed by atoms with Crippen molar-refractivity contribution in [3.8, 4) is 0 Å². The second kappa shape index (κ2) is 6.72. The van der Waals surface area contributed by atoms with Gasteiger partial charge in [-0.25, -0.2) is 15.0 Å². The van der Waals surface area contributed by atoms with E-state index in [0.29, 0.717) is 31.0 Å². The normalized spacial score (nSPS) is 17.2. The molecule has 5 nitrogen and oxygen atoms in total. The van der Waals surface area contributed by atoms with Crippen LogP contribution in [0.5, 0.6) is 0 Å². The summed E-state index contributed by atoms with van der Waals surface area (Å²) in [5, 5.41) is 11.7. The number of fused-ring (bicyclic) bond motifs is 1. The van der Waals surface area contributed by atoms with Crippen LogP contribution in [0, 0.1) is 0 Å². The van der Waals surface area contributed by atoms with Gasteiger partial charge in [0.25, 0.3) is 0 Å². The fourth-order valence-corrected chi connectivity index (χ4v) is 5.07. The molecule has 0 amide bonds. The molecule has 1 fully saturated rings. The summed E-state index contributed by atoms with van der Waals surface area (Å²) in [7, 11) is 0. The summed E-state index contributed by atoms with van der Waals surface area (Å²) in [6.07, 6.45) is 4.79. The molecular formula is C17H17ClN4OS2. The number of rotatable bonds is 3. The Balaban J connectivity index is 1.60. The van der Waals surface area contributed by atoms with E-state index in [4.69, 9.17) is 11.6 Å². The van der Waals surface area contributed by atoms with Crippen molar-refractivity contribution in [1.82, 2.24) is 15.0 Å². The summed E-state index contributed by atoms with van der Waals surface area (Å²) < 4.78 is 2.00. The van der Waals surface area contributed by atoms with E-state index in [-0.39, 0.29) is 0 Å². The SMILES string of the molecule is CSc1nc2ncnc(N3CCC(O)(c4ccccc4Cl)CC3)c2s1. The smallest absolute Gasteiger partial charge is 0.176 e. The average Bonchev–Trinajstić information content (AvgIpc) is 3.06. The summed E-state index contributed by atoms with van der Waals surface area (Å²) >= 11 is 9.53. The molecule has 3 heterocycles. The number of piperidine rings is 1. The summed E-state index contributed by atoms with van der Waals surface area (Å²) in [6.45, 7) is 1.42. The largest absolute Gasteiger partial charge is 0.385 e. The van der Waals surface area contributed by atoms with Crippen LogP contribution in [0.3, 0.4) is 0 Å². The molecule has 2 aromatic heterocycles. The molecule has 4 rings (SSSR count). The van der Waals surface area contributed by atoms with Gasteiger partial charge in [0.1, 0.15) is 11.0 Å². The Labute approximate surface area is 159 Å². The average molecular weight is 393 g/mol. The number of hydrogen-bond acceptors (Lipinski definition) is 7. The van der Waals surface area contributed by atoms with E-state index in [1.165, 1.54) is 0 Å². The van der Waals surface area contributed by atoms with E-state index >= 15 is 0 Å². The molecule has 1 N–H and O–H groups in total. The fraction of sp³-hybridized carbons (Fsp3) is 0.353. The maximum absolute atomic E-state index is 11.1. The highest BCUT2D eigenvalue weighted by atomic mass is 35.5. The highest BCUT2D eigenvalue weighted by Crippen LogP contribution is 2.39. The predicted octanol–water partition coefficient (Wildman–Crippen LogP) is 3.95. The van der Waals surface area contributed by atoms with Crippen LogP contribution in [-0.4, -0.2) is 39.4 Å². The van der Waals surface area contributed by atoms with Crippen molar-refractivity contribution in [2.45, 2.75) is 22.8 Å². The van der Waals surface area contributed by atoms with Crippen LogP contribution in [0.25, 0.3) is 10.3 Å². The summed E-state index contributed by atoms with van der Waals surface area (Å²) in [5.74, 6) is 0.906. The molecule has 0 unspecified atom stereocenters. The molecule has 0 aliphatic carbocycles. The Hall–Kier alpha value is -1.41. The number of nitrogens with zero attached hydrogens (tertiary/aromatic N) is 4. The molecule has 0 spiro atoms. The minimum absolute atomic E-state index is 0.608. The Morgan fingerprint density at radius 3 is 2.72 bits per heavy atom. The second-order valence-electron chi connectivity index (χ2n) is 6.03. The number of anilines is 1. The predicted molar refractivity (Wildman–Crippen MR) is 104 cm³/mol. The number of benzene rings is 1. The first-order valence-electron chi connectivity index (χ1n) is 7.98. The maximum Gasteiger partial charge on any atom is 0.176 e. The first kappa shape index (κ1) is 17.0. The van der Waals surface area contributed by atoms with E-state index in [1.54, 1.807) is 29.4 Å². The van der Waals surface area contributed by atoms with Crippen molar-refractivity contribution >= 4 is 50.9 Å². The summed E-state index contributed by atoms with van der Waals surface area (Å²) in [5.41, 5.74) is 0.664. The van der Waals surface area contributed by atoms with E-state index in [2.05, 4.69) is 19.9 Å². The van der Waals surface area contributed by atoms with E-state index in [0.717, 1.165) is 26.1 Å². The molecule has 0 saturated carbocycles. The van der Waals surface area contributed by atoms with Gasteiger partial charge in [-0.3, -0.25) is 0 Å². The van der Waals surface area contributed by atoms with Gasteiger partial charge in [0.05, 0.1) is 5.60 Å². The zero-order valence-corrected chi connectivity index (χ0v) is 16.0. The molecule has 0 bridgehead atoms. The Bertz CT molecular complexity index is 909. The highest BCUT2D eigenvalue weighted by molar-refractivity contribution is 8.00. The lowest BCUT2D eigenvalue weighted by atomic mass is 9.84. The van der Waals surface area contributed by atoms with E-state index in [1.807, 2.05) is 30.5 Å². The molecule has 3 aromatic rings. The quantitative estimate of drug-likeness (QED) is 0.681. The second-order valence-corrected chi connectivity index (χ2v) is 8.49. The molecule has 1 aromatic carbocycles. The molecule has 1 aliphatic rings. The van der Waals surface area contributed by atoms with Crippen LogP contribution in [0.15, 0.2) is 34.9 Å². The van der Waals surface area contributed by atoms with Gasteiger partial charge in [-0.1, -0.05) is 41.6 Å². The van der Waals surface area contributed by atoms with Gasteiger partial charge in [0.2, 0.25) is 0 Å². The molecule has 0 atom stereocenters. The lowest BCUT2D eigenvalue weighted by molar-refractivity contribution is 0.0118. The number of thioether (sulfide) groups is 1. The molecule has 130 valence electrons. The lowest BCUT2D eigenvalue weighted by Gasteiger charge is -2.39. The summed E-state index contributed by atoms with van der Waals surface area (Å²) in [6, 6.07) is 7.54. The third kappa shape index (κ3) is 3.10. The van der Waals surface area contributed by atoms with Crippen molar-refractivity contribution in [3.63, 3.8) is 0 Å². The van der Waals surface area contributed by atoms with Crippen molar-refractivity contribution in [2.24, 2.45) is 0 Å². The van der Waals surface area contributed by atoms with Crippen LogP contribution in [0.4, 0.5) is 5.82 Å². The van der Waals surface area contributed by atoms with Crippen LogP contribution >= 0.6 is 34.7 Å². The van der Waals surface area contributed by atoms with E-state index in [9.17, 15) is 5.11 Å². The Kier molecular flexibility index (Phi) is 4.58. The van der Waals surface area contributed by atoms with Crippen LogP contribution in [0.1, 0.15) is 18.4 Å². The van der Waals surface area contributed by atoms with Crippen molar-refractivity contribution in [3.05, 3.63) is 41.2 Å². The first-order valence-corrected chi connectivity index (χ1v) is 10.4. The summed E-state index contributed by atoms with van der Waals surface area (Å²) in [4.78, 5) is 15.5. The minimum Gasteiger partial charge on any atom is -0.385 e. The third-order valence-corrected chi connectivity index (χ3v) is 6.95. The van der Waals surface area contributed by atoms with Gasteiger partial charge in [0.15, 0.2) is 15.8 Å². The number of aromatic nitrogens is 3. The Morgan fingerprint density at radius 1 is 1.24 bits per heavy atom. The number of aliphatic hydroxyl groups is 1. The van der Waals surface area contributed by atoms with Gasteiger partial charge in [0, 0.05) is 23.7 Å². The van der Waals surface area contributed by atoms with Crippen molar-refractivity contribution in [1.29, 1.82) is 0 Å². The fourth-order valence-electron chi connectivity index (χ4n) is 3.23. The highest BCUT2D eigenvalue weighted by Gasteiger charge is 2.36. The number of halogens is 1. The lowest BCUT2D eigenvalue weighted by Crippen LogP contribution is -2.43. The van der Waals surface area contributed by atoms with Gasteiger partial charge < -0.3 is 10.0 Å². The van der Waals surface area contributed by atoms with Gasteiger partial charge in [-0.2, -0.15) is 0 Å². The minimum atomic E-state index is -0.890. The zero-order chi connectivity index (χ0) is 17.4. The third-order valence-electron chi connectivity index (χ3n) is 4.59. The zero-order valence-electron chi connectivity index (χ0n) is 13.6. The van der Waals surface area contributed by atoms with Crippen molar-refractivity contribution in [2.75, 3.05) is 24.2 Å².